The van der Waals surface area contributed by atoms with E-state index in [0.717, 1.165) is 16.9 Å². The van der Waals surface area contributed by atoms with Crippen LogP contribution < -0.4 is 11.5 Å². The van der Waals surface area contributed by atoms with Crippen LogP contribution in [0.3, 0.4) is 0 Å². The molecule has 0 unspecified atom stereocenters. The highest BCUT2D eigenvalue weighted by Crippen LogP contribution is 2.52. The van der Waals surface area contributed by atoms with E-state index in [1.54, 1.807) is 6.20 Å². The third-order valence-corrected chi connectivity index (χ3v) is 4.91. The Morgan fingerprint density at radius 1 is 1.23 bits per heavy atom. The van der Waals surface area contributed by atoms with E-state index in [1.807, 2.05) is 33.8 Å². The van der Waals surface area contributed by atoms with Crippen molar-refractivity contribution in [2.24, 2.45) is 5.73 Å². The van der Waals surface area contributed by atoms with Crippen molar-refractivity contribution in [3.05, 3.63) is 23.7 Å². The number of anilines is 1. The Labute approximate surface area is 136 Å². The van der Waals surface area contributed by atoms with Gasteiger partial charge in [-0.25, -0.2) is 0 Å². The van der Waals surface area contributed by atoms with Crippen molar-refractivity contribution in [1.29, 1.82) is 0 Å². The first-order valence-corrected chi connectivity index (χ1v) is 8.64. The zero-order chi connectivity index (χ0) is 16.9. The molecule has 2 aliphatic rings. The molecule has 1 aromatic rings. The van der Waals surface area contributed by atoms with Gasteiger partial charge in [0.1, 0.15) is 0 Å². The Morgan fingerprint density at radius 2 is 1.82 bits per heavy atom. The molecule has 3 rings (SSSR count). The van der Waals surface area contributed by atoms with Crippen LogP contribution in [0.2, 0.25) is 0 Å². The molecule has 0 atom stereocenters. The summed E-state index contributed by atoms with van der Waals surface area (Å²) in [5.74, 6) is 0. The summed E-state index contributed by atoms with van der Waals surface area (Å²) in [7, 11) is 2.23. The molecule has 4 nitrogen and oxygen atoms in total. The van der Waals surface area contributed by atoms with Gasteiger partial charge in [0, 0.05) is 24.3 Å². The molecule has 0 amide bonds. The summed E-state index contributed by atoms with van der Waals surface area (Å²) in [4.78, 5) is 2.49. The van der Waals surface area contributed by atoms with Gasteiger partial charge in [0.15, 0.2) is 0 Å². The molecule has 0 bridgehead atoms. The second-order valence-corrected chi connectivity index (χ2v) is 5.84. The fourth-order valence-electron chi connectivity index (χ4n) is 3.44. The summed E-state index contributed by atoms with van der Waals surface area (Å²) in [5.41, 5.74) is 15.2. The maximum atomic E-state index is 6.11. The molecule has 22 heavy (non-hydrogen) atoms. The topological polar surface area (TPSA) is 60.2 Å². The first kappa shape index (κ1) is 18.6. The number of nitrogens with zero attached hydrogens (tertiary/aromatic N) is 2. The molecule has 126 valence electrons. The third kappa shape index (κ3) is 3.02. The summed E-state index contributed by atoms with van der Waals surface area (Å²) >= 11 is 0. The van der Waals surface area contributed by atoms with E-state index in [-0.39, 0.29) is 0 Å². The Morgan fingerprint density at radius 3 is 2.23 bits per heavy atom. The number of aryl methyl sites for hydroxylation is 1. The van der Waals surface area contributed by atoms with Gasteiger partial charge >= 0.3 is 0 Å². The van der Waals surface area contributed by atoms with Crippen molar-refractivity contribution in [2.75, 3.05) is 19.3 Å². The van der Waals surface area contributed by atoms with Crippen molar-refractivity contribution in [1.82, 2.24) is 9.47 Å². The summed E-state index contributed by atoms with van der Waals surface area (Å²) < 4.78 is 2.31. The minimum absolute atomic E-state index is 0.487. The highest BCUT2D eigenvalue weighted by Gasteiger charge is 2.52. The highest BCUT2D eigenvalue weighted by molar-refractivity contribution is 5.65. The molecule has 1 spiro atoms. The van der Waals surface area contributed by atoms with Crippen LogP contribution in [-0.4, -0.2) is 28.6 Å². The van der Waals surface area contributed by atoms with E-state index in [9.17, 15) is 0 Å². The first-order chi connectivity index (χ1) is 10.6. The van der Waals surface area contributed by atoms with Crippen molar-refractivity contribution < 1.29 is 0 Å². The average molecular weight is 306 g/mol. The fourth-order valence-corrected chi connectivity index (χ4v) is 3.44. The lowest BCUT2D eigenvalue weighted by Gasteiger charge is -2.60. The summed E-state index contributed by atoms with van der Waals surface area (Å²) in [6, 6.07) is 0.579. The average Bonchev–Trinajstić information content (AvgIpc) is 2.77. The number of nitrogens with two attached hydrogens (primary N) is 2. The predicted molar refractivity (Wildman–Crippen MR) is 97.7 cm³/mol. The number of rotatable bonds is 2. The first-order valence-electron chi connectivity index (χ1n) is 8.64. The molecule has 1 saturated heterocycles. The van der Waals surface area contributed by atoms with E-state index in [0.29, 0.717) is 11.6 Å². The molecule has 1 aromatic heterocycles. The van der Waals surface area contributed by atoms with Crippen molar-refractivity contribution in [2.45, 2.75) is 65.5 Å². The van der Waals surface area contributed by atoms with Gasteiger partial charge in [0.25, 0.3) is 0 Å². The lowest BCUT2D eigenvalue weighted by Crippen LogP contribution is -2.64. The molecule has 1 saturated carbocycles. The second-order valence-electron chi connectivity index (χ2n) is 5.84. The smallest absolute Gasteiger partial charge is 0.0660 e. The molecule has 4 heteroatoms. The van der Waals surface area contributed by atoms with Crippen LogP contribution in [0.4, 0.5) is 5.69 Å². The van der Waals surface area contributed by atoms with E-state index in [1.165, 1.54) is 25.8 Å². The Balaban J connectivity index is 0.000000561. The number of nitrogen functional groups attached to an aromatic ring is 1. The quantitative estimate of drug-likeness (QED) is 0.874. The molecule has 2 heterocycles. The summed E-state index contributed by atoms with van der Waals surface area (Å²) in [6.07, 6.45) is 9.48. The van der Waals surface area contributed by atoms with Gasteiger partial charge in [-0.05, 0) is 51.1 Å². The Bertz CT molecular complexity index is 495. The van der Waals surface area contributed by atoms with E-state index >= 15 is 0 Å². The normalized spacial score (nSPS) is 26.5. The number of hydrogen-bond donors (Lipinski definition) is 2. The van der Waals surface area contributed by atoms with Gasteiger partial charge in [-0.3, -0.25) is 0 Å². The largest absolute Gasteiger partial charge is 0.405 e. The maximum absolute atomic E-state index is 6.11. The fraction of sp³-hybridized carbons (Fsp3) is 0.667. The molecular formula is C18H34N4. The van der Waals surface area contributed by atoms with Gasteiger partial charge < -0.3 is 20.9 Å². The van der Waals surface area contributed by atoms with Crippen LogP contribution in [0, 0.1) is 6.92 Å². The van der Waals surface area contributed by atoms with Crippen LogP contribution in [0.1, 0.15) is 64.3 Å². The zero-order valence-electron chi connectivity index (χ0n) is 15.2. The summed E-state index contributed by atoms with van der Waals surface area (Å²) in [5, 5.41) is 0. The Hall–Kier alpha value is -1.42. The van der Waals surface area contributed by atoms with Crippen LogP contribution in [0.15, 0.2) is 12.4 Å². The summed E-state index contributed by atoms with van der Waals surface area (Å²) in [6.45, 7) is 11.3. The zero-order valence-corrected chi connectivity index (χ0v) is 15.2. The molecule has 2 fully saturated rings. The monoisotopic (exact) mass is 306 g/mol. The lowest BCUT2D eigenvalue weighted by atomic mass is 9.65. The van der Waals surface area contributed by atoms with Crippen molar-refractivity contribution >= 4 is 11.8 Å². The van der Waals surface area contributed by atoms with Gasteiger partial charge in [0.05, 0.1) is 11.4 Å². The molecule has 0 radical (unpaired) electrons. The van der Waals surface area contributed by atoms with Gasteiger partial charge in [-0.15, -0.1) is 0 Å². The van der Waals surface area contributed by atoms with Crippen LogP contribution in [0.5, 0.6) is 0 Å². The third-order valence-electron chi connectivity index (χ3n) is 4.91. The minimum Gasteiger partial charge on any atom is -0.405 e. The highest BCUT2D eigenvalue weighted by atomic mass is 15.3. The minimum atomic E-state index is 0.487. The van der Waals surface area contributed by atoms with Crippen LogP contribution >= 0.6 is 0 Å². The van der Waals surface area contributed by atoms with E-state index in [4.69, 9.17) is 11.5 Å². The number of hydrogen-bond acceptors (Lipinski definition) is 3. The van der Waals surface area contributed by atoms with Crippen LogP contribution in [0.25, 0.3) is 6.08 Å². The standard InChI is InChI=1S/C14H22N4.2C2H6/c1-10-9-18(12(3-5-15)13(10)16)11-7-14(8-11)4-6-17(14)2;2*1-2/h3,5,9,11H,4,6-8,15-16H2,1-2H3;2*1-2H3/b5-3-;;. The Kier molecular flexibility index (Phi) is 6.54. The van der Waals surface area contributed by atoms with E-state index in [2.05, 4.69) is 29.6 Å². The predicted octanol–water partition coefficient (Wildman–Crippen LogP) is 3.77. The molecule has 0 aromatic carbocycles. The molecule has 4 N–H and O–H groups in total. The molecule has 1 aliphatic heterocycles. The SMILES string of the molecule is CC.CC.Cc1cn(C2CC3(CCN3C)C2)c(/C=C\N)c1N. The van der Waals surface area contributed by atoms with Crippen LogP contribution in [-0.2, 0) is 0 Å². The van der Waals surface area contributed by atoms with Gasteiger partial charge in [0.2, 0.25) is 0 Å². The number of likely N-dealkylation sites (tertiary alicyclic amines) is 1. The lowest BCUT2D eigenvalue weighted by molar-refractivity contribution is -0.0820. The maximum Gasteiger partial charge on any atom is 0.0660 e. The second kappa shape index (κ2) is 7.73. The van der Waals surface area contributed by atoms with Gasteiger partial charge in [-0.1, -0.05) is 27.7 Å². The van der Waals surface area contributed by atoms with Crippen molar-refractivity contribution in [3.8, 4) is 0 Å². The van der Waals surface area contributed by atoms with Crippen molar-refractivity contribution in [3.63, 3.8) is 0 Å². The molecular weight excluding hydrogens is 272 g/mol. The molecule has 1 aliphatic carbocycles. The van der Waals surface area contributed by atoms with Gasteiger partial charge in [-0.2, -0.15) is 0 Å². The number of aromatic nitrogens is 1. The van der Waals surface area contributed by atoms with E-state index < -0.39 is 0 Å².